The molecule has 4 aromatic rings. The smallest absolute Gasteiger partial charge is 0.416 e. The minimum atomic E-state index is -4.46. The van der Waals surface area contributed by atoms with Gasteiger partial charge >= 0.3 is 6.18 Å². The fourth-order valence-corrected chi connectivity index (χ4v) is 5.02. The highest BCUT2D eigenvalue weighted by Gasteiger charge is 2.31. The number of benzene rings is 3. The Kier molecular flexibility index (Phi) is 8.81. The van der Waals surface area contributed by atoms with E-state index in [2.05, 4.69) is 20.1 Å². The van der Waals surface area contributed by atoms with E-state index in [0.29, 0.717) is 43.0 Å². The van der Waals surface area contributed by atoms with Gasteiger partial charge in [0.15, 0.2) is 5.58 Å². The van der Waals surface area contributed by atoms with E-state index < -0.39 is 17.8 Å². The van der Waals surface area contributed by atoms with Crippen LogP contribution in [0.1, 0.15) is 16.7 Å². The Morgan fingerprint density at radius 1 is 1.02 bits per heavy atom. The second-order valence-electron chi connectivity index (χ2n) is 10.6. The van der Waals surface area contributed by atoms with E-state index >= 15 is 0 Å². The molecule has 5 rings (SSSR count). The molecule has 0 spiro atoms. The van der Waals surface area contributed by atoms with Crippen molar-refractivity contribution in [2.75, 3.05) is 51.2 Å². The normalized spacial score (nSPS) is 15.6. The molecule has 8 nitrogen and oxygen atoms in total. The lowest BCUT2D eigenvalue weighted by atomic mass is 10.1. The molecule has 42 heavy (non-hydrogen) atoms. The van der Waals surface area contributed by atoms with E-state index in [-0.39, 0.29) is 24.0 Å². The van der Waals surface area contributed by atoms with Gasteiger partial charge in [-0.3, -0.25) is 14.6 Å². The molecule has 3 aromatic carbocycles. The molecule has 1 aromatic heterocycles. The first kappa shape index (κ1) is 29.6. The van der Waals surface area contributed by atoms with Gasteiger partial charge in [0, 0.05) is 50.0 Å². The van der Waals surface area contributed by atoms with Gasteiger partial charge in [-0.2, -0.15) is 13.2 Å². The van der Waals surface area contributed by atoms with Gasteiger partial charge in [0.2, 0.25) is 11.8 Å². The second-order valence-corrected chi connectivity index (χ2v) is 10.6. The molecular formula is C31H33F3N4O4. The monoisotopic (exact) mass is 582 g/mol. The van der Waals surface area contributed by atoms with Crippen molar-refractivity contribution >= 4 is 22.7 Å². The van der Waals surface area contributed by atoms with Crippen LogP contribution in [0.2, 0.25) is 0 Å². The minimum absolute atomic E-state index is 0.0414. The van der Waals surface area contributed by atoms with Crippen molar-refractivity contribution in [2.45, 2.75) is 26.1 Å². The third-order valence-corrected chi connectivity index (χ3v) is 7.28. The number of aromatic nitrogens is 1. The average molecular weight is 583 g/mol. The van der Waals surface area contributed by atoms with Crippen molar-refractivity contribution in [1.82, 2.24) is 14.8 Å². The zero-order valence-electron chi connectivity index (χ0n) is 23.4. The molecule has 0 radical (unpaired) electrons. The lowest BCUT2D eigenvalue weighted by molar-refractivity contribution is -0.137. The van der Waals surface area contributed by atoms with E-state index in [1.54, 1.807) is 18.2 Å². The highest BCUT2D eigenvalue weighted by Crippen LogP contribution is 2.33. The predicted octanol–water partition coefficient (Wildman–Crippen LogP) is 5.13. The zero-order valence-corrected chi connectivity index (χ0v) is 23.4. The maximum Gasteiger partial charge on any atom is 0.416 e. The number of amides is 1. The van der Waals surface area contributed by atoms with Gasteiger partial charge in [0.05, 0.1) is 12.1 Å². The third kappa shape index (κ3) is 7.28. The van der Waals surface area contributed by atoms with Crippen LogP contribution in [-0.4, -0.2) is 77.8 Å². The number of hydrogen-bond donors (Lipinski definition) is 2. The van der Waals surface area contributed by atoms with E-state index in [1.807, 2.05) is 32.0 Å². The number of ether oxygens (including phenoxy) is 1. The maximum absolute atomic E-state index is 13.1. The molecule has 1 aliphatic rings. The van der Waals surface area contributed by atoms with Crippen LogP contribution < -0.4 is 10.1 Å². The number of fused-ring (bicyclic) bond motifs is 1. The van der Waals surface area contributed by atoms with Gasteiger partial charge in [-0.05, 0) is 55.3 Å². The number of carbonyl (C=O) groups excluding carboxylic acids is 1. The Hall–Kier alpha value is -3.93. The molecule has 1 saturated heterocycles. The summed E-state index contributed by atoms with van der Waals surface area (Å²) < 4.78 is 50.7. The summed E-state index contributed by atoms with van der Waals surface area (Å²) in [6.07, 6.45) is -5.20. The molecule has 1 fully saturated rings. The van der Waals surface area contributed by atoms with Crippen LogP contribution in [0.3, 0.4) is 0 Å². The third-order valence-electron chi connectivity index (χ3n) is 7.28. The number of rotatable bonds is 9. The van der Waals surface area contributed by atoms with Crippen LogP contribution in [0.5, 0.6) is 5.75 Å². The molecule has 1 atom stereocenters. The number of alkyl halides is 3. The van der Waals surface area contributed by atoms with Gasteiger partial charge in [-0.15, -0.1) is 0 Å². The number of aliphatic hydroxyl groups excluding tert-OH is 1. The molecule has 0 saturated carbocycles. The number of aryl methyl sites for hydroxylation is 2. The average Bonchev–Trinajstić information content (AvgIpc) is 3.38. The fourth-order valence-electron chi connectivity index (χ4n) is 5.02. The highest BCUT2D eigenvalue weighted by molar-refractivity contribution is 5.93. The standard InChI is InChI=1S/C31H33F3N4O4/c1-20-5-3-6-21(2)29(20)36-28(40)18-38-13-11-37(12-14-38)17-24(39)19-41-25-9-10-27-26(16-25)35-30(42-27)22-7-4-8-23(15-22)31(32,33)34/h3-10,15-16,24,39H,11-14,17-19H2,1-2H3,(H,36,40)/t24-/m0/s1. The number of hydrogen-bond acceptors (Lipinski definition) is 7. The van der Waals surface area contributed by atoms with Gasteiger partial charge < -0.3 is 19.6 Å². The van der Waals surface area contributed by atoms with Crippen LogP contribution in [0.4, 0.5) is 18.9 Å². The van der Waals surface area contributed by atoms with E-state index in [1.165, 1.54) is 12.1 Å². The number of oxazole rings is 1. The number of halogens is 3. The summed E-state index contributed by atoms with van der Waals surface area (Å²) in [5.41, 5.74) is 3.23. The number of carbonyl (C=O) groups is 1. The molecule has 2 heterocycles. The Balaban J connectivity index is 1.08. The zero-order chi connectivity index (χ0) is 29.9. The Morgan fingerprint density at radius 2 is 1.71 bits per heavy atom. The number of β-amino-alcohol motifs (C(OH)–C–C–N with tert-alkyl or cyclic N) is 1. The highest BCUT2D eigenvalue weighted by atomic mass is 19.4. The van der Waals surface area contributed by atoms with Crippen LogP contribution >= 0.6 is 0 Å². The lowest BCUT2D eigenvalue weighted by Gasteiger charge is -2.35. The van der Waals surface area contributed by atoms with Crippen LogP contribution in [-0.2, 0) is 11.0 Å². The number of para-hydroxylation sites is 1. The van der Waals surface area contributed by atoms with Gasteiger partial charge in [0.1, 0.15) is 24.0 Å². The summed E-state index contributed by atoms with van der Waals surface area (Å²) in [5.74, 6) is 0.501. The summed E-state index contributed by atoms with van der Waals surface area (Å²) in [4.78, 5) is 21.2. The Labute approximate surface area is 241 Å². The quantitative estimate of drug-likeness (QED) is 0.283. The molecule has 1 amide bonds. The van der Waals surface area contributed by atoms with E-state index in [9.17, 15) is 23.1 Å². The van der Waals surface area contributed by atoms with Gasteiger partial charge in [0.25, 0.3) is 0 Å². The van der Waals surface area contributed by atoms with Crippen molar-refractivity contribution in [3.63, 3.8) is 0 Å². The van der Waals surface area contributed by atoms with Crippen molar-refractivity contribution < 1.29 is 32.2 Å². The summed E-state index contributed by atoms with van der Waals surface area (Å²) in [6.45, 7) is 7.61. The number of nitrogens with one attached hydrogen (secondary N) is 1. The first-order valence-electron chi connectivity index (χ1n) is 13.7. The van der Waals surface area contributed by atoms with Crippen molar-refractivity contribution in [1.29, 1.82) is 0 Å². The summed E-state index contributed by atoms with van der Waals surface area (Å²) >= 11 is 0. The topological polar surface area (TPSA) is 91.1 Å². The number of anilines is 1. The molecule has 0 bridgehead atoms. The first-order valence-corrected chi connectivity index (χ1v) is 13.7. The molecular weight excluding hydrogens is 549 g/mol. The number of aliphatic hydroxyl groups is 1. The van der Waals surface area contributed by atoms with E-state index in [0.717, 1.165) is 42.0 Å². The van der Waals surface area contributed by atoms with Crippen molar-refractivity contribution in [3.8, 4) is 17.2 Å². The summed E-state index contributed by atoms with van der Waals surface area (Å²) in [6, 6.07) is 15.7. The fraction of sp³-hybridized carbons (Fsp3) is 0.355. The van der Waals surface area contributed by atoms with E-state index in [4.69, 9.17) is 9.15 Å². The number of piperazine rings is 1. The lowest BCUT2D eigenvalue weighted by Crippen LogP contribution is -2.50. The molecule has 11 heteroatoms. The van der Waals surface area contributed by atoms with Gasteiger partial charge in [-0.25, -0.2) is 4.98 Å². The maximum atomic E-state index is 13.1. The minimum Gasteiger partial charge on any atom is -0.491 e. The van der Waals surface area contributed by atoms with Crippen LogP contribution in [0, 0.1) is 13.8 Å². The molecule has 0 unspecified atom stereocenters. The van der Waals surface area contributed by atoms with Crippen LogP contribution in [0.15, 0.2) is 65.1 Å². The Morgan fingerprint density at radius 3 is 2.43 bits per heavy atom. The first-order chi connectivity index (χ1) is 20.0. The molecule has 2 N–H and O–H groups in total. The predicted molar refractivity (Wildman–Crippen MR) is 153 cm³/mol. The molecule has 222 valence electrons. The van der Waals surface area contributed by atoms with Crippen molar-refractivity contribution in [3.05, 3.63) is 77.4 Å². The van der Waals surface area contributed by atoms with Crippen molar-refractivity contribution in [2.24, 2.45) is 0 Å². The summed E-state index contributed by atoms with van der Waals surface area (Å²) in [7, 11) is 0. The SMILES string of the molecule is Cc1cccc(C)c1NC(=O)CN1CCN(C[C@H](O)COc2ccc3oc(-c4cccc(C(F)(F)F)c4)nc3c2)CC1. The summed E-state index contributed by atoms with van der Waals surface area (Å²) in [5, 5.41) is 13.6. The molecule has 1 aliphatic heterocycles. The largest absolute Gasteiger partial charge is 0.491 e. The number of nitrogens with zero attached hydrogens (tertiary/aromatic N) is 3. The second kappa shape index (κ2) is 12.5. The molecule has 0 aliphatic carbocycles. The van der Waals surface area contributed by atoms with Gasteiger partial charge in [-0.1, -0.05) is 24.3 Å². The van der Waals surface area contributed by atoms with Crippen LogP contribution in [0.25, 0.3) is 22.6 Å². The Bertz CT molecular complexity index is 1530.